The maximum absolute atomic E-state index is 12.2. The molecule has 0 aliphatic carbocycles. The molecule has 0 spiro atoms. The van der Waals surface area contributed by atoms with Gasteiger partial charge in [-0.05, 0) is 23.1 Å². The zero-order valence-corrected chi connectivity index (χ0v) is 13.2. The first kappa shape index (κ1) is 15.2. The van der Waals surface area contributed by atoms with E-state index in [1.165, 1.54) is 9.18 Å². The van der Waals surface area contributed by atoms with Gasteiger partial charge in [-0.15, -0.1) is 11.3 Å². The average molecular weight is 310 g/mol. The van der Waals surface area contributed by atoms with E-state index in [-0.39, 0.29) is 0 Å². The molecule has 0 saturated carbocycles. The SMILES string of the molecule is CN(C)S(=O)(=O)c1ccccc1CNCc1cccs1. The third-order valence-corrected chi connectivity index (χ3v) is 5.72. The van der Waals surface area contributed by atoms with Crippen molar-refractivity contribution < 1.29 is 8.42 Å². The van der Waals surface area contributed by atoms with Crippen molar-refractivity contribution in [2.75, 3.05) is 14.1 Å². The number of hydrogen-bond acceptors (Lipinski definition) is 4. The fourth-order valence-electron chi connectivity index (χ4n) is 1.83. The molecule has 1 aromatic carbocycles. The van der Waals surface area contributed by atoms with Gasteiger partial charge < -0.3 is 5.32 Å². The van der Waals surface area contributed by atoms with Crippen molar-refractivity contribution in [3.8, 4) is 0 Å². The predicted molar refractivity (Wildman–Crippen MR) is 82.2 cm³/mol. The summed E-state index contributed by atoms with van der Waals surface area (Å²) in [5, 5.41) is 5.31. The Morgan fingerprint density at radius 1 is 1.10 bits per heavy atom. The molecule has 20 heavy (non-hydrogen) atoms. The summed E-state index contributed by atoms with van der Waals surface area (Å²) in [4.78, 5) is 1.60. The second kappa shape index (κ2) is 6.49. The van der Waals surface area contributed by atoms with Crippen LogP contribution in [0.25, 0.3) is 0 Å². The molecule has 4 nitrogen and oxygen atoms in total. The fraction of sp³-hybridized carbons (Fsp3) is 0.286. The Morgan fingerprint density at radius 2 is 1.85 bits per heavy atom. The van der Waals surface area contributed by atoms with E-state index in [0.29, 0.717) is 11.4 Å². The maximum Gasteiger partial charge on any atom is 0.242 e. The van der Waals surface area contributed by atoms with Crippen LogP contribution < -0.4 is 5.32 Å². The lowest BCUT2D eigenvalue weighted by Crippen LogP contribution is -2.24. The molecule has 0 atom stereocenters. The highest BCUT2D eigenvalue weighted by molar-refractivity contribution is 7.89. The quantitative estimate of drug-likeness (QED) is 0.890. The highest BCUT2D eigenvalue weighted by Crippen LogP contribution is 2.18. The number of nitrogens with zero attached hydrogens (tertiary/aromatic N) is 1. The Kier molecular flexibility index (Phi) is 4.93. The van der Waals surface area contributed by atoms with E-state index in [2.05, 4.69) is 11.4 Å². The van der Waals surface area contributed by atoms with Gasteiger partial charge in [-0.3, -0.25) is 0 Å². The van der Waals surface area contributed by atoms with Crippen molar-refractivity contribution in [2.24, 2.45) is 0 Å². The lowest BCUT2D eigenvalue weighted by atomic mass is 10.2. The first-order valence-corrected chi connectivity index (χ1v) is 8.57. The van der Waals surface area contributed by atoms with Crippen LogP contribution in [-0.2, 0) is 23.1 Å². The van der Waals surface area contributed by atoms with E-state index in [1.54, 1.807) is 37.6 Å². The summed E-state index contributed by atoms with van der Waals surface area (Å²) in [6.07, 6.45) is 0. The van der Waals surface area contributed by atoms with Gasteiger partial charge in [-0.1, -0.05) is 24.3 Å². The van der Waals surface area contributed by atoms with Crippen LogP contribution in [0.3, 0.4) is 0 Å². The molecule has 2 aromatic rings. The van der Waals surface area contributed by atoms with Gasteiger partial charge in [0.05, 0.1) is 4.90 Å². The second-order valence-corrected chi connectivity index (χ2v) is 7.73. The van der Waals surface area contributed by atoms with Crippen LogP contribution in [0.1, 0.15) is 10.4 Å². The normalized spacial score (nSPS) is 11.9. The van der Waals surface area contributed by atoms with E-state index < -0.39 is 10.0 Å². The van der Waals surface area contributed by atoms with Crippen LogP contribution in [0.4, 0.5) is 0 Å². The first-order valence-electron chi connectivity index (χ1n) is 6.25. The molecular formula is C14H18N2O2S2. The van der Waals surface area contributed by atoms with Gasteiger partial charge in [0.25, 0.3) is 0 Å². The number of hydrogen-bond donors (Lipinski definition) is 1. The summed E-state index contributed by atoms with van der Waals surface area (Å²) in [5.74, 6) is 0. The Bertz CT molecular complexity index is 650. The Hall–Kier alpha value is -1.21. The van der Waals surface area contributed by atoms with E-state index >= 15 is 0 Å². The Morgan fingerprint density at radius 3 is 2.50 bits per heavy atom. The van der Waals surface area contributed by atoms with Gasteiger partial charge in [-0.25, -0.2) is 12.7 Å². The van der Waals surface area contributed by atoms with Gasteiger partial charge in [0.1, 0.15) is 0 Å². The van der Waals surface area contributed by atoms with Gasteiger partial charge in [0, 0.05) is 32.1 Å². The molecule has 108 valence electrons. The largest absolute Gasteiger partial charge is 0.308 e. The molecule has 2 rings (SSSR count). The summed E-state index contributed by atoms with van der Waals surface area (Å²) in [6, 6.07) is 11.2. The molecule has 1 heterocycles. The van der Waals surface area contributed by atoms with Crippen molar-refractivity contribution in [1.82, 2.24) is 9.62 Å². The molecule has 0 saturated heterocycles. The second-order valence-electron chi connectivity index (χ2n) is 4.58. The van der Waals surface area contributed by atoms with Crippen LogP contribution >= 0.6 is 11.3 Å². The minimum atomic E-state index is -3.40. The molecule has 0 aliphatic heterocycles. The van der Waals surface area contributed by atoms with Crippen LogP contribution in [0.5, 0.6) is 0 Å². The number of nitrogens with one attached hydrogen (secondary N) is 1. The Balaban J connectivity index is 2.12. The lowest BCUT2D eigenvalue weighted by Gasteiger charge is -2.15. The standard InChI is InChI=1S/C14H18N2O2S2/c1-16(2)20(17,18)14-8-4-3-6-12(14)10-15-11-13-7-5-9-19-13/h3-9,15H,10-11H2,1-2H3. The van der Waals surface area contributed by atoms with Crippen molar-refractivity contribution >= 4 is 21.4 Å². The molecule has 1 N–H and O–H groups in total. The summed E-state index contributed by atoms with van der Waals surface area (Å²) in [7, 11) is -0.302. The zero-order chi connectivity index (χ0) is 14.6. The van der Waals surface area contributed by atoms with E-state index in [9.17, 15) is 8.42 Å². The van der Waals surface area contributed by atoms with Crippen LogP contribution in [0.2, 0.25) is 0 Å². The Labute approximate surface area is 124 Å². The summed E-state index contributed by atoms with van der Waals surface area (Å²) < 4.78 is 25.7. The molecule has 0 amide bonds. The van der Waals surface area contributed by atoms with Crippen molar-refractivity contribution in [3.05, 3.63) is 52.2 Å². The number of rotatable bonds is 6. The van der Waals surface area contributed by atoms with Gasteiger partial charge in [0.2, 0.25) is 10.0 Å². The minimum absolute atomic E-state index is 0.365. The number of thiophene rings is 1. The molecule has 0 unspecified atom stereocenters. The smallest absolute Gasteiger partial charge is 0.242 e. The summed E-state index contributed by atoms with van der Waals surface area (Å²) in [5.41, 5.74) is 0.790. The molecule has 6 heteroatoms. The highest BCUT2D eigenvalue weighted by Gasteiger charge is 2.20. The number of benzene rings is 1. The van der Waals surface area contributed by atoms with Crippen LogP contribution in [-0.4, -0.2) is 26.8 Å². The molecule has 0 bridgehead atoms. The zero-order valence-electron chi connectivity index (χ0n) is 11.5. The third-order valence-electron chi connectivity index (χ3n) is 2.93. The van der Waals surface area contributed by atoms with Crippen LogP contribution in [0, 0.1) is 0 Å². The third kappa shape index (κ3) is 3.46. The maximum atomic E-state index is 12.2. The summed E-state index contributed by atoms with van der Waals surface area (Å²) >= 11 is 1.68. The van der Waals surface area contributed by atoms with Crippen LogP contribution in [0.15, 0.2) is 46.7 Å². The molecule has 0 aliphatic rings. The van der Waals surface area contributed by atoms with Crippen molar-refractivity contribution in [1.29, 1.82) is 0 Å². The number of sulfonamides is 1. The molecule has 1 aromatic heterocycles. The fourth-order valence-corrected chi connectivity index (χ4v) is 3.62. The van der Waals surface area contributed by atoms with E-state index in [1.807, 2.05) is 23.6 Å². The van der Waals surface area contributed by atoms with Gasteiger partial charge >= 0.3 is 0 Å². The summed E-state index contributed by atoms with van der Waals surface area (Å²) in [6.45, 7) is 1.27. The van der Waals surface area contributed by atoms with Crippen molar-refractivity contribution in [3.63, 3.8) is 0 Å². The average Bonchev–Trinajstić information content (AvgIpc) is 2.92. The van der Waals surface area contributed by atoms with Gasteiger partial charge in [-0.2, -0.15) is 0 Å². The van der Waals surface area contributed by atoms with E-state index in [0.717, 1.165) is 12.1 Å². The van der Waals surface area contributed by atoms with Crippen molar-refractivity contribution in [2.45, 2.75) is 18.0 Å². The van der Waals surface area contributed by atoms with Gasteiger partial charge in [0.15, 0.2) is 0 Å². The lowest BCUT2D eigenvalue weighted by molar-refractivity contribution is 0.518. The molecular weight excluding hydrogens is 292 g/mol. The highest BCUT2D eigenvalue weighted by atomic mass is 32.2. The predicted octanol–water partition coefficient (Wildman–Crippen LogP) is 2.29. The van der Waals surface area contributed by atoms with E-state index in [4.69, 9.17) is 0 Å². The first-order chi connectivity index (χ1) is 9.51. The molecule has 0 radical (unpaired) electrons. The monoisotopic (exact) mass is 310 g/mol. The molecule has 0 fully saturated rings. The minimum Gasteiger partial charge on any atom is -0.308 e. The topological polar surface area (TPSA) is 49.4 Å².